The molecule has 0 N–H and O–H groups in total. The van der Waals surface area contributed by atoms with E-state index in [0.29, 0.717) is 22.0 Å². The van der Waals surface area contributed by atoms with E-state index < -0.39 is 5.82 Å². The van der Waals surface area contributed by atoms with E-state index in [1.54, 1.807) is 37.7 Å². The number of methoxy groups -OCH3 is 3. The Morgan fingerprint density at radius 1 is 0.923 bits per heavy atom. The lowest BCUT2D eigenvalue weighted by Gasteiger charge is -2.12. The summed E-state index contributed by atoms with van der Waals surface area (Å²) >= 11 is 6.27. The van der Waals surface area contributed by atoms with E-state index in [1.807, 2.05) is 17.7 Å². The van der Waals surface area contributed by atoms with Gasteiger partial charge in [0.05, 0.1) is 44.1 Å². The molecule has 0 bridgehead atoms. The maximum Gasteiger partial charge on any atom is 0.206 e. The van der Waals surface area contributed by atoms with Crippen molar-refractivity contribution in [2.75, 3.05) is 21.3 Å². The lowest BCUT2D eigenvalue weighted by molar-refractivity contribution is 0.351. The molecular formula is C19H18ClFN2O3. The summed E-state index contributed by atoms with van der Waals surface area (Å²) in [6, 6.07) is 8.67. The molecule has 7 heteroatoms. The van der Waals surface area contributed by atoms with E-state index in [0.717, 1.165) is 11.3 Å². The summed E-state index contributed by atoms with van der Waals surface area (Å²) in [5, 5.41) is 0.492. The minimum absolute atomic E-state index is 0.0868. The molecule has 0 aliphatic heterocycles. The lowest BCUT2D eigenvalue weighted by Crippen LogP contribution is -1.96. The molecule has 2 aromatic carbocycles. The van der Waals surface area contributed by atoms with Crippen molar-refractivity contribution in [2.45, 2.75) is 0 Å². The summed E-state index contributed by atoms with van der Waals surface area (Å²) in [6.07, 6.45) is 1.69. The minimum Gasteiger partial charge on any atom is -0.495 e. The van der Waals surface area contributed by atoms with Crippen LogP contribution in [0.25, 0.3) is 22.5 Å². The Hall–Kier alpha value is -2.73. The summed E-state index contributed by atoms with van der Waals surface area (Å²) < 4.78 is 31.6. The zero-order valence-corrected chi connectivity index (χ0v) is 15.6. The Morgan fingerprint density at radius 3 is 2.08 bits per heavy atom. The van der Waals surface area contributed by atoms with Crippen LogP contribution in [0.15, 0.2) is 36.7 Å². The first-order chi connectivity index (χ1) is 12.5. The molecule has 0 aliphatic carbocycles. The number of rotatable bonds is 5. The number of nitrogens with zero attached hydrogens (tertiary/aromatic N) is 2. The first-order valence-electron chi connectivity index (χ1n) is 7.77. The van der Waals surface area contributed by atoms with Gasteiger partial charge in [0.1, 0.15) is 5.75 Å². The highest BCUT2D eigenvalue weighted by molar-refractivity contribution is 6.32. The molecule has 0 amide bonds. The summed E-state index contributed by atoms with van der Waals surface area (Å²) in [7, 11) is 6.25. The Kier molecular flexibility index (Phi) is 5.04. The lowest BCUT2D eigenvalue weighted by atomic mass is 10.0. The van der Waals surface area contributed by atoms with Crippen LogP contribution in [0.2, 0.25) is 5.02 Å². The fraction of sp³-hybridized carbons (Fsp3) is 0.211. The Bertz CT molecular complexity index is 931. The molecule has 0 atom stereocenters. The van der Waals surface area contributed by atoms with Gasteiger partial charge in [-0.05, 0) is 30.3 Å². The molecule has 26 heavy (non-hydrogen) atoms. The predicted molar refractivity (Wildman–Crippen MR) is 98.7 cm³/mol. The average molecular weight is 377 g/mol. The highest BCUT2D eigenvalue weighted by Gasteiger charge is 2.19. The van der Waals surface area contributed by atoms with Crippen molar-refractivity contribution in [3.63, 3.8) is 0 Å². The molecule has 0 aliphatic rings. The van der Waals surface area contributed by atoms with Gasteiger partial charge < -0.3 is 18.8 Å². The maximum atomic E-state index is 14.2. The van der Waals surface area contributed by atoms with Crippen molar-refractivity contribution in [1.82, 2.24) is 9.55 Å². The molecule has 0 unspecified atom stereocenters. The Morgan fingerprint density at radius 2 is 1.54 bits per heavy atom. The molecule has 1 heterocycles. The van der Waals surface area contributed by atoms with E-state index in [9.17, 15) is 4.39 Å². The van der Waals surface area contributed by atoms with Crippen molar-refractivity contribution in [3.05, 3.63) is 47.5 Å². The highest BCUT2D eigenvalue weighted by Crippen LogP contribution is 2.38. The van der Waals surface area contributed by atoms with Crippen molar-refractivity contribution >= 4 is 11.6 Å². The normalized spacial score (nSPS) is 10.7. The van der Waals surface area contributed by atoms with Gasteiger partial charge in [-0.15, -0.1) is 0 Å². The van der Waals surface area contributed by atoms with E-state index in [-0.39, 0.29) is 11.5 Å². The SMILES string of the molecule is COc1ccc(-c2c(-c3cc(OC)c(F)c(OC)c3)ncn2C)cc1Cl. The number of imidazole rings is 1. The Balaban J connectivity index is 2.19. The van der Waals surface area contributed by atoms with Crippen molar-refractivity contribution in [2.24, 2.45) is 7.05 Å². The second-order valence-electron chi connectivity index (χ2n) is 5.60. The first-order valence-corrected chi connectivity index (χ1v) is 8.15. The van der Waals surface area contributed by atoms with Gasteiger partial charge in [0, 0.05) is 18.2 Å². The summed E-state index contributed by atoms with van der Waals surface area (Å²) in [5.41, 5.74) is 3.01. The molecule has 0 spiro atoms. The smallest absolute Gasteiger partial charge is 0.206 e. The molecule has 0 saturated carbocycles. The van der Waals surface area contributed by atoms with Crippen LogP contribution in [0.4, 0.5) is 4.39 Å². The number of aromatic nitrogens is 2. The van der Waals surface area contributed by atoms with E-state index in [4.69, 9.17) is 25.8 Å². The molecule has 0 fully saturated rings. The highest BCUT2D eigenvalue weighted by atomic mass is 35.5. The monoisotopic (exact) mass is 376 g/mol. The van der Waals surface area contributed by atoms with Gasteiger partial charge in [-0.25, -0.2) is 4.98 Å². The summed E-state index contributed by atoms with van der Waals surface area (Å²) in [6.45, 7) is 0. The fourth-order valence-corrected chi connectivity index (χ4v) is 3.06. The van der Waals surface area contributed by atoms with Gasteiger partial charge in [0.15, 0.2) is 11.5 Å². The zero-order valence-electron chi connectivity index (χ0n) is 14.8. The van der Waals surface area contributed by atoms with Gasteiger partial charge in [0.2, 0.25) is 5.82 Å². The van der Waals surface area contributed by atoms with Gasteiger partial charge in [-0.1, -0.05) is 11.6 Å². The van der Waals surface area contributed by atoms with Crippen LogP contribution in [0.1, 0.15) is 0 Å². The second kappa shape index (κ2) is 7.25. The predicted octanol–water partition coefficient (Wildman–Crippen LogP) is 4.57. The zero-order chi connectivity index (χ0) is 18.8. The third-order valence-electron chi connectivity index (χ3n) is 4.08. The van der Waals surface area contributed by atoms with Crippen molar-refractivity contribution < 1.29 is 18.6 Å². The number of benzene rings is 2. The first kappa shape index (κ1) is 18.1. The molecule has 0 saturated heterocycles. The van der Waals surface area contributed by atoms with Crippen LogP contribution < -0.4 is 14.2 Å². The summed E-state index contributed by atoms with van der Waals surface area (Å²) in [4.78, 5) is 4.47. The summed E-state index contributed by atoms with van der Waals surface area (Å²) in [5.74, 6) is 0.209. The molecule has 0 radical (unpaired) electrons. The largest absolute Gasteiger partial charge is 0.495 e. The standard InChI is InChI=1S/C19H18ClFN2O3/c1-23-10-22-18(12-8-15(25-3)17(21)16(9-12)26-4)19(23)11-5-6-14(24-2)13(20)7-11/h5-10H,1-4H3. The van der Waals surface area contributed by atoms with Gasteiger partial charge in [-0.2, -0.15) is 4.39 Å². The molecule has 5 nitrogen and oxygen atoms in total. The van der Waals surface area contributed by atoms with Gasteiger partial charge in [0.25, 0.3) is 0 Å². The Labute approximate surface area is 155 Å². The van der Waals surface area contributed by atoms with Crippen LogP contribution in [0, 0.1) is 5.82 Å². The number of hydrogen-bond donors (Lipinski definition) is 0. The van der Waals surface area contributed by atoms with Crippen LogP contribution in [-0.4, -0.2) is 30.9 Å². The minimum atomic E-state index is -0.552. The van der Waals surface area contributed by atoms with E-state index >= 15 is 0 Å². The molecule has 3 aromatic rings. The van der Waals surface area contributed by atoms with Crippen molar-refractivity contribution in [3.8, 4) is 39.8 Å². The van der Waals surface area contributed by atoms with Crippen LogP contribution >= 0.6 is 11.6 Å². The van der Waals surface area contributed by atoms with Gasteiger partial charge in [-0.3, -0.25) is 0 Å². The quantitative estimate of drug-likeness (QED) is 0.654. The third kappa shape index (κ3) is 3.08. The maximum absolute atomic E-state index is 14.2. The number of ether oxygens (including phenoxy) is 3. The van der Waals surface area contributed by atoms with E-state index in [2.05, 4.69) is 4.98 Å². The fourth-order valence-electron chi connectivity index (χ4n) is 2.80. The third-order valence-corrected chi connectivity index (χ3v) is 4.38. The number of aryl methyl sites for hydroxylation is 1. The number of hydrogen-bond acceptors (Lipinski definition) is 4. The van der Waals surface area contributed by atoms with E-state index in [1.165, 1.54) is 14.2 Å². The molecule has 136 valence electrons. The molecule has 1 aromatic heterocycles. The van der Waals surface area contributed by atoms with Crippen molar-refractivity contribution in [1.29, 1.82) is 0 Å². The van der Waals surface area contributed by atoms with Crippen LogP contribution in [-0.2, 0) is 7.05 Å². The second-order valence-corrected chi connectivity index (χ2v) is 6.00. The molecule has 3 rings (SSSR count). The topological polar surface area (TPSA) is 45.5 Å². The van der Waals surface area contributed by atoms with Gasteiger partial charge >= 0.3 is 0 Å². The molecular weight excluding hydrogens is 359 g/mol. The van der Waals surface area contributed by atoms with Crippen LogP contribution in [0.3, 0.4) is 0 Å². The van der Waals surface area contributed by atoms with Crippen LogP contribution in [0.5, 0.6) is 17.2 Å². The average Bonchev–Trinajstić information content (AvgIpc) is 3.03. The number of halogens is 2.